The Balaban J connectivity index is 0. The predicted octanol–water partition coefficient (Wildman–Crippen LogP) is 1.52. The first-order chi connectivity index (χ1) is 4.54. The first kappa shape index (κ1) is 11.6. The molecule has 0 saturated heterocycles. The number of carbonyl (C=O) groups excluding carboxylic acids is 2. The van der Waals surface area contributed by atoms with Crippen LogP contribution in [0.2, 0.25) is 0 Å². The first-order valence-corrected chi connectivity index (χ1v) is 2.78. The third kappa shape index (κ3) is 29.0. The van der Waals surface area contributed by atoms with Gasteiger partial charge in [0.2, 0.25) is 0 Å². The van der Waals surface area contributed by atoms with Gasteiger partial charge in [0.05, 0.1) is 0 Å². The van der Waals surface area contributed by atoms with Crippen molar-refractivity contribution in [2.24, 2.45) is 0 Å². The van der Waals surface area contributed by atoms with Crippen LogP contribution in [0.15, 0.2) is 24.8 Å². The maximum Gasteiger partial charge on any atom is 0.152 e. The van der Waals surface area contributed by atoms with Gasteiger partial charge in [0.1, 0.15) is 6.29 Å². The van der Waals surface area contributed by atoms with E-state index in [0.717, 1.165) is 6.29 Å². The van der Waals surface area contributed by atoms with Crippen molar-refractivity contribution >= 4 is 12.1 Å². The minimum atomic E-state index is 0.0185. The summed E-state index contributed by atoms with van der Waals surface area (Å²) in [5.74, 6) is 0.0185. The molecule has 0 spiro atoms. The molecule has 0 aliphatic rings. The van der Waals surface area contributed by atoms with Crippen LogP contribution in [0.3, 0.4) is 0 Å². The fourth-order valence-corrected chi connectivity index (χ4v) is 0. The summed E-state index contributed by atoms with van der Waals surface area (Å²) in [5, 5.41) is 0. The largest absolute Gasteiger partial charge is 0.298 e. The number of ketones is 1. The normalized spacial score (nSPS) is 6.60. The van der Waals surface area contributed by atoms with Crippen LogP contribution in [0, 0.1) is 0 Å². The molecule has 0 aromatic heterocycles. The SMILES string of the molecule is C=C(C)C=O.C=CC(C)=O. The van der Waals surface area contributed by atoms with Crippen LogP contribution < -0.4 is 0 Å². The van der Waals surface area contributed by atoms with Crippen molar-refractivity contribution in [2.75, 3.05) is 0 Å². The van der Waals surface area contributed by atoms with Crippen molar-refractivity contribution in [3.63, 3.8) is 0 Å². The summed E-state index contributed by atoms with van der Waals surface area (Å²) in [6.45, 7) is 9.64. The van der Waals surface area contributed by atoms with E-state index in [1.807, 2.05) is 0 Å². The summed E-state index contributed by atoms with van der Waals surface area (Å²) in [5.41, 5.74) is 0.574. The van der Waals surface area contributed by atoms with Crippen LogP contribution in [0.25, 0.3) is 0 Å². The maximum atomic E-state index is 9.69. The van der Waals surface area contributed by atoms with Crippen molar-refractivity contribution in [2.45, 2.75) is 13.8 Å². The molecule has 2 nitrogen and oxygen atoms in total. The van der Waals surface area contributed by atoms with Gasteiger partial charge < -0.3 is 0 Å². The molecule has 0 saturated carbocycles. The molecule has 0 unspecified atom stereocenters. The zero-order chi connectivity index (χ0) is 8.57. The van der Waals surface area contributed by atoms with E-state index < -0.39 is 0 Å². The van der Waals surface area contributed by atoms with Crippen molar-refractivity contribution in [1.29, 1.82) is 0 Å². The summed E-state index contributed by atoms with van der Waals surface area (Å²) in [4.78, 5) is 19.1. The van der Waals surface area contributed by atoms with E-state index in [2.05, 4.69) is 13.2 Å². The number of rotatable bonds is 2. The molecule has 0 rings (SSSR count). The number of allylic oxidation sites excluding steroid dienone is 2. The monoisotopic (exact) mass is 140 g/mol. The highest BCUT2D eigenvalue weighted by atomic mass is 16.1. The number of aldehydes is 1. The summed E-state index contributed by atoms with van der Waals surface area (Å²) in [6.07, 6.45) is 2.00. The van der Waals surface area contributed by atoms with Crippen LogP contribution >= 0.6 is 0 Å². The van der Waals surface area contributed by atoms with E-state index in [1.54, 1.807) is 6.92 Å². The van der Waals surface area contributed by atoms with Crippen LogP contribution in [-0.2, 0) is 9.59 Å². The van der Waals surface area contributed by atoms with Crippen molar-refractivity contribution < 1.29 is 9.59 Å². The van der Waals surface area contributed by atoms with E-state index in [-0.39, 0.29) is 5.78 Å². The van der Waals surface area contributed by atoms with Gasteiger partial charge in [-0.05, 0) is 25.5 Å². The standard InChI is InChI=1S/2C4H6O/c1-4(2)3-5;1-3-4(2)5/h2*3H,1H2,2H3. The minimum Gasteiger partial charge on any atom is -0.298 e. The molecule has 0 aliphatic carbocycles. The molecule has 0 aromatic rings. The lowest BCUT2D eigenvalue weighted by Gasteiger charge is -1.65. The molecule has 0 bridgehead atoms. The Morgan fingerprint density at radius 2 is 1.60 bits per heavy atom. The van der Waals surface area contributed by atoms with Crippen molar-refractivity contribution in [1.82, 2.24) is 0 Å². The Morgan fingerprint density at radius 3 is 1.60 bits per heavy atom. The fourth-order valence-electron chi connectivity index (χ4n) is 0. The quantitative estimate of drug-likeness (QED) is 0.430. The molecule has 0 aromatic carbocycles. The van der Waals surface area contributed by atoms with E-state index in [0.29, 0.717) is 5.57 Å². The maximum absolute atomic E-state index is 9.69. The molecule has 0 radical (unpaired) electrons. The van der Waals surface area contributed by atoms with Crippen molar-refractivity contribution in [3.8, 4) is 0 Å². The molecule has 0 fully saturated rings. The summed E-state index contributed by atoms with van der Waals surface area (Å²) >= 11 is 0. The van der Waals surface area contributed by atoms with Gasteiger partial charge in [-0.15, -0.1) is 0 Å². The molecule has 10 heavy (non-hydrogen) atoms. The number of hydrogen-bond acceptors (Lipinski definition) is 2. The second-order valence-corrected chi connectivity index (χ2v) is 1.78. The van der Waals surface area contributed by atoms with Crippen LogP contribution in [0.5, 0.6) is 0 Å². The van der Waals surface area contributed by atoms with E-state index in [1.165, 1.54) is 13.0 Å². The number of hydrogen-bond donors (Lipinski definition) is 0. The van der Waals surface area contributed by atoms with Gasteiger partial charge in [0.25, 0.3) is 0 Å². The zero-order valence-corrected chi connectivity index (χ0v) is 6.39. The van der Waals surface area contributed by atoms with Crippen molar-refractivity contribution in [3.05, 3.63) is 24.8 Å². The summed E-state index contributed by atoms with van der Waals surface area (Å²) in [7, 11) is 0. The van der Waals surface area contributed by atoms with E-state index in [9.17, 15) is 9.59 Å². The highest BCUT2D eigenvalue weighted by molar-refractivity contribution is 5.86. The van der Waals surface area contributed by atoms with Crippen LogP contribution in [0.1, 0.15) is 13.8 Å². The second kappa shape index (κ2) is 7.82. The van der Waals surface area contributed by atoms with Crippen LogP contribution in [-0.4, -0.2) is 12.1 Å². The highest BCUT2D eigenvalue weighted by Gasteiger charge is 1.69. The smallest absolute Gasteiger partial charge is 0.152 e. The molecule has 56 valence electrons. The predicted molar refractivity (Wildman–Crippen MR) is 41.8 cm³/mol. The average Bonchev–Trinajstić information content (AvgIpc) is 1.89. The highest BCUT2D eigenvalue weighted by Crippen LogP contribution is 1.70. The first-order valence-electron chi connectivity index (χ1n) is 2.78. The Hall–Kier alpha value is -1.18. The zero-order valence-electron chi connectivity index (χ0n) is 6.39. The number of carbonyl (C=O) groups is 2. The lowest BCUT2D eigenvalue weighted by molar-refractivity contribution is -0.112. The topological polar surface area (TPSA) is 34.1 Å². The molecule has 0 aliphatic heterocycles. The Labute approximate surface area is 61.2 Å². The van der Waals surface area contributed by atoms with Gasteiger partial charge >= 0.3 is 0 Å². The third-order valence-electron chi connectivity index (χ3n) is 0.489. The second-order valence-electron chi connectivity index (χ2n) is 1.78. The van der Waals surface area contributed by atoms with E-state index in [4.69, 9.17) is 0 Å². The third-order valence-corrected chi connectivity index (χ3v) is 0.489. The fraction of sp³-hybridized carbons (Fsp3) is 0.250. The Bertz CT molecular complexity index is 127. The van der Waals surface area contributed by atoms with Gasteiger partial charge in [-0.1, -0.05) is 13.2 Å². The van der Waals surface area contributed by atoms with Gasteiger partial charge in [-0.2, -0.15) is 0 Å². The molecular weight excluding hydrogens is 128 g/mol. The summed E-state index contributed by atoms with van der Waals surface area (Å²) in [6, 6.07) is 0. The average molecular weight is 140 g/mol. The minimum absolute atomic E-state index is 0.0185. The summed E-state index contributed by atoms with van der Waals surface area (Å²) < 4.78 is 0. The molecule has 0 N–H and O–H groups in total. The molecule has 0 atom stereocenters. The molecule has 0 amide bonds. The van der Waals surface area contributed by atoms with Crippen LogP contribution in [0.4, 0.5) is 0 Å². The lowest BCUT2D eigenvalue weighted by Crippen LogP contribution is -1.74. The molecule has 2 heteroatoms. The molecule has 0 heterocycles. The molecular formula is C8H12O2. The lowest BCUT2D eigenvalue weighted by atomic mass is 10.4. The van der Waals surface area contributed by atoms with Gasteiger partial charge in [-0.25, -0.2) is 0 Å². The Morgan fingerprint density at radius 1 is 1.40 bits per heavy atom. The van der Waals surface area contributed by atoms with E-state index >= 15 is 0 Å². The van der Waals surface area contributed by atoms with Gasteiger partial charge in [0.15, 0.2) is 5.78 Å². The van der Waals surface area contributed by atoms with Gasteiger partial charge in [0, 0.05) is 0 Å². The van der Waals surface area contributed by atoms with Gasteiger partial charge in [-0.3, -0.25) is 9.59 Å². The Kier molecular flexibility index (Phi) is 9.07.